The monoisotopic (exact) mass is 392 g/mol. The Morgan fingerprint density at radius 2 is 1.32 bits per heavy atom. The Kier molecular flexibility index (Phi) is 7.93. The van der Waals surface area contributed by atoms with Crippen molar-refractivity contribution >= 4 is 23.1 Å². The summed E-state index contributed by atoms with van der Waals surface area (Å²) in [6.07, 6.45) is 0. The van der Waals surface area contributed by atoms with Gasteiger partial charge in [0.25, 0.3) is 0 Å². The number of esters is 1. The number of benzene rings is 2. The Labute approximate surface area is 162 Å². The number of ketones is 1. The highest BCUT2D eigenvalue weighted by Crippen LogP contribution is 2.31. The summed E-state index contributed by atoms with van der Waals surface area (Å²) in [6.45, 7) is 3.29. The molecule has 0 amide bonds. The highest BCUT2D eigenvalue weighted by atomic mass is 16.5. The van der Waals surface area contributed by atoms with Crippen LogP contribution in [0.25, 0.3) is 0 Å². The maximum absolute atomic E-state index is 11.4. The Bertz CT molecular complexity index is 866. The molecule has 9 heteroatoms. The van der Waals surface area contributed by atoms with Crippen LogP contribution in [0.1, 0.15) is 34.6 Å². The Morgan fingerprint density at radius 1 is 0.893 bits per heavy atom. The summed E-state index contributed by atoms with van der Waals surface area (Å²) < 4.78 is 14.6. The number of methoxy groups -OCH3 is 2. The van der Waals surface area contributed by atoms with Gasteiger partial charge in [0.1, 0.15) is 28.6 Å². The van der Waals surface area contributed by atoms with Gasteiger partial charge in [-0.25, -0.2) is 4.79 Å². The second-order valence-electron chi connectivity index (χ2n) is 5.50. The van der Waals surface area contributed by atoms with Crippen molar-refractivity contribution < 1.29 is 34.0 Å². The van der Waals surface area contributed by atoms with E-state index in [4.69, 9.17) is 25.7 Å². The third kappa shape index (κ3) is 5.44. The lowest BCUT2D eigenvalue weighted by Gasteiger charge is -2.09. The lowest BCUT2D eigenvalue weighted by Crippen LogP contribution is -2.06. The molecule has 0 unspecified atom stereocenters. The summed E-state index contributed by atoms with van der Waals surface area (Å²) in [4.78, 5) is 22.4. The van der Waals surface area contributed by atoms with Gasteiger partial charge in [0.05, 0.1) is 37.8 Å². The molecule has 0 fully saturated rings. The number of nitrogen functional groups attached to an aromatic ring is 2. The normalized spacial score (nSPS) is 9.71. The number of carbonyl (C=O) groups excluding carboxylic acids is 2. The number of Topliss-reactive ketones (excluding diaryl/α,β-unsaturated/α-hetero) is 1. The summed E-state index contributed by atoms with van der Waals surface area (Å²) in [7, 11) is 2.88. The van der Waals surface area contributed by atoms with Crippen molar-refractivity contribution in [3.05, 3.63) is 35.4 Å². The number of nitrogens with two attached hydrogens (primary N) is 2. The molecule has 9 nitrogen and oxygen atoms in total. The number of anilines is 2. The van der Waals surface area contributed by atoms with Crippen molar-refractivity contribution in [2.24, 2.45) is 0 Å². The maximum atomic E-state index is 11.4. The van der Waals surface area contributed by atoms with Gasteiger partial charge in [-0.2, -0.15) is 0 Å². The van der Waals surface area contributed by atoms with Crippen LogP contribution in [0, 0.1) is 0 Å². The highest BCUT2D eigenvalue weighted by Gasteiger charge is 2.15. The summed E-state index contributed by atoms with van der Waals surface area (Å²) in [5.41, 5.74) is 11.9. The van der Waals surface area contributed by atoms with E-state index in [9.17, 15) is 19.8 Å². The third-order valence-corrected chi connectivity index (χ3v) is 3.57. The van der Waals surface area contributed by atoms with Crippen LogP contribution in [0.3, 0.4) is 0 Å². The number of hydrogen-bond donors (Lipinski definition) is 4. The van der Waals surface area contributed by atoms with Crippen molar-refractivity contribution in [3.8, 4) is 23.0 Å². The minimum Gasteiger partial charge on any atom is -0.507 e. The second kappa shape index (κ2) is 9.91. The number of aromatic hydroxyl groups is 2. The van der Waals surface area contributed by atoms with Crippen LogP contribution in [0.5, 0.6) is 23.0 Å². The number of hydrogen-bond acceptors (Lipinski definition) is 9. The average molecular weight is 392 g/mol. The average Bonchev–Trinajstić information content (AvgIpc) is 2.62. The van der Waals surface area contributed by atoms with E-state index in [-0.39, 0.29) is 40.7 Å². The smallest absolute Gasteiger partial charge is 0.342 e. The van der Waals surface area contributed by atoms with Gasteiger partial charge in [-0.05, 0) is 19.9 Å². The SMILES string of the molecule is CCOC(=O)c1cc(OC)c(N)cc1O.COc1cc(C(C)=O)c(O)cc1N. The van der Waals surface area contributed by atoms with E-state index in [2.05, 4.69) is 0 Å². The zero-order chi connectivity index (χ0) is 21.4. The Morgan fingerprint density at radius 3 is 1.71 bits per heavy atom. The summed E-state index contributed by atoms with van der Waals surface area (Å²) in [5, 5.41) is 18.8. The first-order chi connectivity index (χ1) is 13.2. The van der Waals surface area contributed by atoms with Gasteiger partial charge in [0, 0.05) is 18.2 Å². The molecule has 2 aromatic rings. The van der Waals surface area contributed by atoms with E-state index >= 15 is 0 Å². The van der Waals surface area contributed by atoms with Gasteiger partial charge >= 0.3 is 5.97 Å². The topological polar surface area (TPSA) is 154 Å². The number of phenols is 2. The van der Waals surface area contributed by atoms with Gasteiger partial charge in [0.2, 0.25) is 0 Å². The van der Waals surface area contributed by atoms with E-state index in [0.29, 0.717) is 17.2 Å². The van der Waals surface area contributed by atoms with Gasteiger partial charge in [-0.15, -0.1) is 0 Å². The molecule has 0 aliphatic heterocycles. The predicted octanol–water partition coefficient (Wildman–Crippen LogP) is 2.35. The molecule has 6 N–H and O–H groups in total. The fraction of sp³-hybridized carbons (Fsp3) is 0.263. The molecule has 0 aliphatic carbocycles. The third-order valence-electron chi connectivity index (χ3n) is 3.57. The lowest BCUT2D eigenvalue weighted by molar-refractivity contribution is 0.0522. The molecule has 2 aromatic carbocycles. The first-order valence-corrected chi connectivity index (χ1v) is 8.17. The van der Waals surface area contributed by atoms with Crippen LogP contribution in [0.15, 0.2) is 24.3 Å². The van der Waals surface area contributed by atoms with Crippen molar-refractivity contribution in [2.45, 2.75) is 13.8 Å². The quantitative estimate of drug-likeness (QED) is 0.341. The minimum absolute atomic E-state index is 0.0444. The Hall–Kier alpha value is -3.62. The second-order valence-corrected chi connectivity index (χ2v) is 5.50. The predicted molar refractivity (Wildman–Crippen MR) is 104 cm³/mol. The molecule has 28 heavy (non-hydrogen) atoms. The largest absolute Gasteiger partial charge is 0.507 e. The Balaban J connectivity index is 0.000000283. The maximum Gasteiger partial charge on any atom is 0.342 e. The van der Waals surface area contributed by atoms with E-state index < -0.39 is 5.97 Å². The molecule has 0 saturated heterocycles. The first-order valence-electron chi connectivity index (χ1n) is 8.17. The molecular weight excluding hydrogens is 368 g/mol. The van der Waals surface area contributed by atoms with Crippen molar-refractivity contribution in [1.82, 2.24) is 0 Å². The summed E-state index contributed by atoms with van der Waals surface area (Å²) >= 11 is 0. The molecule has 0 bridgehead atoms. The molecule has 0 aromatic heterocycles. The van der Waals surface area contributed by atoms with Crippen LogP contribution in [-0.2, 0) is 4.74 Å². The molecule has 0 saturated carbocycles. The fourth-order valence-electron chi connectivity index (χ4n) is 2.18. The van der Waals surface area contributed by atoms with E-state index in [0.717, 1.165) is 0 Å². The van der Waals surface area contributed by atoms with Crippen LogP contribution >= 0.6 is 0 Å². The lowest BCUT2D eigenvalue weighted by atomic mass is 10.1. The van der Waals surface area contributed by atoms with E-state index in [1.54, 1.807) is 6.92 Å². The molecule has 152 valence electrons. The van der Waals surface area contributed by atoms with Crippen molar-refractivity contribution in [3.63, 3.8) is 0 Å². The fourth-order valence-corrected chi connectivity index (χ4v) is 2.18. The number of ether oxygens (including phenoxy) is 3. The number of rotatable bonds is 5. The summed E-state index contributed by atoms with van der Waals surface area (Å²) in [6, 6.07) is 5.33. The first kappa shape index (κ1) is 22.4. The molecule has 2 rings (SSSR count). The van der Waals surface area contributed by atoms with Gasteiger partial charge in [-0.1, -0.05) is 0 Å². The van der Waals surface area contributed by atoms with Crippen molar-refractivity contribution in [2.75, 3.05) is 32.3 Å². The van der Waals surface area contributed by atoms with Crippen LogP contribution in [0.4, 0.5) is 11.4 Å². The number of carbonyl (C=O) groups is 2. The number of phenolic OH excluding ortho intramolecular Hbond substituents is 2. The van der Waals surface area contributed by atoms with Gasteiger partial charge < -0.3 is 35.9 Å². The van der Waals surface area contributed by atoms with E-state index in [1.165, 1.54) is 45.4 Å². The van der Waals surface area contributed by atoms with Gasteiger partial charge in [0.15, 0.2) is 5.78 Å². The molecular formula is C19H24N2O7. The van der Waals surface area contributed by atoms with Crippen molar-refractivity contribution in [1.29, 1.82) is 0 Å². The molecule has 0 heterocycles. The zero-order valence-electron chi connectivity index (χ0n) is 16.1. The van der Waals surface area contributed by atoms with Gasteiger partial charge in [-0.3, -0.25) is 4.79 Å². The van der Waals surface area contributed by atoms with Crippen LogP contribution in [0.2, 0.25) is 0 Å². The van der Waals surface area contributed by atoms with Crippen LogP contribution < -0.4 is 20.9 Å². The standard InChI is InChI=1S/C10H13NO4.C9H11NO3/c1-3-15-10(13)6-4-9(14-2)7(11)5-8(6)12;1-5(11)6-3-9(13-2)7(10)4-8(6)12/h4-5,12H,3,11H2,1-2H3;3-4,12H,10H2,1-2H3. The molecule has 0 radical (unpaired) electrons. The summed E-state index contributed by atoms with van der Waals surface area (Å²) in [5.74, 6) is -0.444. The molecule has 0 spiro atoms. The highest BCUT2D eigenvalue weighted by molar-refractivity contribution is 5.98. The molecule has 0 aliphatic rings. The molecule has 0 atom stereocenters. The minimum atomic E-state index is -0.603. The zero-order valence-corrected chi connectivity index (χ0v) is 16.1. The van der Waals surface area contributed by atoms with Crippen LogP contribution in [-0.4, -0.2) is 42.8 Å². The van der Waals surface area contributed by atoms with E-state index in [1.807, 2.05) is 0 Å².